The molecule has 12 heteroatoms. The Bertz CT molecular complexity index is 1380. The molecule has 1 atom stereocenters. The second kappa shape index (κ2) is 10.1. The number of ether oxygens (including phenoxy) is 1. The Balaban J connectivity index is 1.88. The lowest BCUT2D eigenvalue weighted by molar-refractivity contribution is -0.139. The van der Waals surface area contributed by atoms with Gasteiger partial charge in [0.2, 0.25) is 0 Å². The Kier molecular flexibility index (Phi) is 7.36. The number of benzene rings is 1. The number of aliphatic carboxylic acids is 1. The average molecular weight is 501 g/mol. The lowest BCUT2D eigenvalue weighted by Gasteiger charge is -2.22. The monoisotopic (exact) mass is 500 g/mol. The van der Waals surface area contributed by atoms with Crippen LogP contribution in [0.2, 0.25) is 5.15 Å². The van der Waals surface area contributed by atoms with Gasteiger partial charge in [0.1, 0.15) is 28.4 Å². The maximum Gasteiger partial charge on any atom is 0.408 e. The molecule has 184 valence electrons. The second-order valence-electron chi connectivity index (χ2n) is 8.78. The molecule has 2 aromatic heterocycles. The molecule has 0 bridgehead atoms. The molecule has 0 fully saturated rings. The van der Waals surface area contributed by atoms with Crippen molar-refractivity contribution >= 4 is 46.1 Å². The summed E-state index contributed by atoms with van der Waals surface area (Å²) in [5.74, 6) is -1.25. The number of imidazole rings is 1. The Morgan fingerprint density at radius 2 is 2.00 bits per heavy atom. The molecule has 0 aliphatic carbocycles. The molecule has 0 saturated heterocycles. The van der Waals surface area contributed by atoms with Crippen LogP contribution in [0.3, 0.4) is 0 Å². The lowest BCUT2D eigenvalue weighted by Crippen LogP contribution is -2.44. The summed E-state index contributed by atoms with van der Waals surface area (Å²) in [4.78, 5) is 40.5. The Hall–Kier alpha value is -4.04. The summed E-state index contributed by atoms with van der Waals surface area (Å²) in [5, 5.41) is 24.4. The van der Waals surface area contributed by atoms with E-state index in [2.05, 4.69) is 15.6 Å². The molecule has 1 aromatic carbocycles. The number of carboxylic acid groups (broad SMARTS) is 1. The SMILES string of the molecule is Cn1c(=O)n(CCC(NC(=O)OC(C)(C)C)C(=O)O)c2cc(Nc3ccnc(Cl)c3C#N)ccc21. The molecule has 0 radical (unpaired) electrons. The highest BCUT2D eigenvalue weighted by atomic mass is 35.5. The van der Waals surface area contributed by atoms with Crippen molar-refractivity contribution in [3.63, 3.8) is 0 Å². The highest BCUT2D eigenvalue weighted by Gasteiger charge is 2.24. The zero-order valence-corrected chi connectivity index (χ0v) is 20.4. The number of pyridine rings is 1. The van der Waals surface area contributed by atoms with Crippen molar-refractivity contribution in [3.05, 3.63) is 51.7 Å². The number of carbonyl (C=O) groups excluding carboxylic acids is 1. The van der Waals surface area contributed by atoms with Crippen LogP contribution in [0.15, 0.2) is 35.3 Å². The van der Waals surface area contributed by atoms with Crippen molar-refractivity contribution in [3.8, 4) is 6.07 Å². The number of halogens is 1. The summed E-state index contributed by atoms with van der Waals surface area (Å²) in [7, 11) is 1.61. The molecule has 35 heavy (non-hydrogen) atoms. The Morgan fingerprint density at radius 3 is 2.63 bits per heavy atom. The van der Waals surface area contributed by atoms with E-state index in [0.29, 0.717) is 22.4 Å². The fourth-order valence-electron chi connectivity index (χ4n) is 3.47. The smallest absolute Gasteiger partial charge is 0.408 e. The number of nitrogens with zero attached hydrogens (tertiary/aromatic N) is 4. The number of anilines is 2. The van der Waals surface area contributed by atoms with Gasteiger partial charge < -0.3 is 20.5 Å². The third-order valence-electron chi connectivity index (χ3n) is 5.07. The molecule has 3 N–H and O–H groups in total. The first-order valence-electron chi connectivity index (χ1n) is 10.6. The number of aryl methyl sites for hydroxylation is 2. The molecule has 11 nitrogen and oxygen atoms in total. The number of hydrogen-bond acceptors (Lipinski definition) is 7. The number of fused-ring (bicyclic) bond motifs is 1. The van der Waals surface area contributed by atoms with E-state index in [4.69, 9.17) is 16.3 Å². The van der Waals surface area contributed by atoms with Crippen molar-refractivity contribution in [1.82, 2.24) is 19.4 Å². The van der Waals surface area contributed by atoms with Gasteiger partial charge in [-0.1, -0.05) is 11.6 Å². The Morgan fingerprint density at radius 1 is 1.29 bits per heavy atom. The minimum absolute atomic E-state index is 0.0247. The molecular weight excluding hydrogens is 476 g/mol. The third kappa shape index (κ3) is 5.91. The van der Waals surface area contributed by atoms with Gasteiger partial charge in [0.05, 0.1) is 16.7 Å². The normalized spacial score (nSPS) is 12.1. The molecule has 3 aromatic rings. The number of nitriles is 1. The quantitative estimate of drug-likeness (QED) is 0.417. The van der Waals surface area contributed by atoms with Crippen molar-refractivity contribution in [1.29, 1.82) is 5.26 Å². The number of rotatable bonds is 7. The molecule has 2 heterocycles. The van der Waals surface area contributed by atoms with Gasteiger partial charge >= 0.3 is 17.8 Å². The molecule has 1 amide bonds. The summed E-state index contributed by atoms with van der Waals surface area (Å²) in [5.41, 5.74) is 1.25. The first kappa shape index (κ1) is 25.6. The Labute approximate surface area is 205 Å². The van der Waals surface area contributed by atoms with Crippen LogP contribution in [-0.4, -0.2) is 42.9 Å². The summed E-state index contributed by atoms with van der Waals surface area (Å²) >= 11 is 6.00. The molecule has 3 rings (SSSR count). The van der Waals surface area contributed by atoms with E-state index in [0.717, 1.165) is 0 Å². The van der Waals surface area contributed by atoms with Crippen molar-refractivity contribution in [2.75, 3.05) is 5.32 Å². The van der Waals surface area contributed by atoms with E-state index in [1.54, 1.807) is 52.1 Å². The fraction of sp³-hybridized carbons (Fsp3) is 0.348. The van der Waals surface area contributed by atoms with Crippen LogP contribution < -0.4 is 16.3 Å². The van der Waals surface area contributed by atoms with Gasteiger partial charge in [0, 0.05) is 25.5 Å². The van der Waals surface area contributed by atoms with E-state index < -0.39 is 23.7 Å². The lowest BCUT2D eigenvalue weighted by atomic mass is 10.2. The van der Waals surface area contributed by atoms with Gasteiger partial charge in [-0.2, -0.15) is 5.26 Å². The van der Waals surface area contributed by atoms with Crippen LogP contribution in [0, 0.1) is 11.3 Å². The first-order valence-corrected chi connectivity index (χ1v) is 11.0. The zero-order valence-electron chi connectivity index (χ0n) is 19.6. The molecule has 0 saturated carbocycles. The van der Waals surface area contributed by atoms with E-state index in [-0.39, 0.29) is 29.4 Å². The van der Waals surface area contributed by atoms with Gasteiger partial charge in [-0.3, -0.25) is 9.13 Å². The van der Waals surface area contributed by atoms with Crippen LogP contribution in [-0.2, 0) is 23.1 Å². The van der Waals surface area contributed by atoms with Gasteiger partial charge in [-0.05, 0) is 51.5 Å². The zero-order chi connectivity index (χ0) is 25.9. The number of aromatic nitrogens is 3. The van der Waals surface area contributed by atoms with Crippen LogP contribution in [0.1, 0.15) is 32.8 Å². The summed E-state index contributed by atoms with van der Waals surface area (Å²) in [6, 6.07) is 7.53. The molecule has 1 unspecified atom stereocenters. The van der Waals surface area contributed by atoms with Crippen LogP contribution in [0.4, 0.5) is 16.2 Å². The van der Waals surface area contributed by atoms with Gasteiger partial charge in [-0.25, -0.2) is 19.4 Å². The van der Waals surface area contributed by atoms with E-state index in [1.165, 1.54) is 15.3 Å². The molecule has 0 aliphatic heterocycles. The van der Waals surface area contributed by atoms with E-state index in [1.807, 2.05) is 6.07 Å². The summed E-state index contributed by atoms with van der Waals surface area (Å²) in [6.45, 7) is 5.03. The fourth-order valence-corrected chi connectivity index (χ4v) is 3.67. The summed E-state index contributed by atoms with van der Waals surface area (Å²) in [6.07, 6.45) is 0.557. The van der Waals surface area contributed by atoms with Gasteiger partial charge in [0.25, 0.3) is 0 Å². The number of amides is 1. The second-order valence-corrected chi connectivity index (χ2v) is 9.14. The topological polar surface area (TPSA) is 151 Å². The number of hydrogen-bond donors (Lipinski definition) is 3. The van der Waals surface area contributed by atoms with Crippen molar-refractivity contribution in [2.24, 2.45) is 7.05 Å². The first-order chi connectivity index (χ1) is 16.4. The minimum atomic E-state index is -1.26. The number of carbonyl (C=O) groups is 2. The number of alkyl carbamates (subject to hydrolysis) is 1. The van der Waals surface area contributed by atoms with E-state index in [9.17, 15) is 24.8 Å². The highest BCUT2D eigenvalue weighted by molar-refractivity contribution is 6.31. The summed E-state index contributed by atoms with van der Waals surface area (Å²) < 4.78 is 8.01. The standard InChI is InChI=1S/C23H25ClN6O5/c1-23(2,3)35-21(33)28-16(20(31)32)8-10-30-18-11-13(5-6-17(18)29(4)22(30)34)27-15-7-9-26-19(24)14(15)12-25/h5-7,9,11,16H,8,10H2,1-4H3,(H,26,27)(H,28,33)(H,31,32). The number of nitrogens with one attached hydrogen (secondary N) is 2. The number of carboxylic acids is 1. The predicted molar refractivity (Wildman–Crippen MR) is 130 cm³/mol. The minimum Gasteiger partial charge on any atom is -0.480 e. The average Bonchev–Trinajstić information content (AvgIpc) is 2.99. The van der Waals surface area contributed by atoms with E-state index >= 15 is 0 Å². The molecular formula is C23H25ClN6O5. The molecule has 0 aliphatic rings. The van der Waals surface area contributed by atoms with Crippen LogP contribution >= 0.6 is 11.6 Å². The maximum absolute atomic E-state index is 12.9. The van der Waals surface area contributed by atoms with Gasteiger partial charge in [0.15, 0.2) is 0 Å². The molecule has 0 spiro atoms. The van der Waals surface area contributed by atoms with Crippen molar-refractivity contribution < 1.29 is 19.4 Å². The van der Waals surface area contributed by atoms with Gasteiger partial charge in [-0.15, -0.1) is 0 Å². The highest BCUT2D eigenvalue weighted by Crippen LogP contribution is 2.26. The third-order valence-corrected chi connectivity index (χ3v) is 5.36. The van der Waals surface area contributed by atoms with Crippen LogP contribution in [0.5, 0.6) is 0 Å². The van der Waals surface area contributed by atoms with Crippen LogP contribution in [0.25, 0.3) is 11.0 Å². The maximum atomic E-state index is 12.9. The predicted octanol–water partition coefficient (Wildman–Crippen LogP) is 3.37. The van der Waals surface area contributed by atoms with Crippen molar-refractivity contribution in [2.45, 2.75) is 45.4 Å². The largest absolute Gasteiger partial charge is 0.480 e.